The Kier molecular flexibility index (Phi) is 5.09. The van der Waals surface area contributed by atoms with Crippen molar-refractivity contribution in [2.45, 2.75) is 52.0 Å². The number of nitrogens with one attached hydrogen (secondary N) is 1. The first-order valence-electron chi connectivity index (χ1n) is 6.03. The topological polar surface area (TPSA) is 49.3 Å². The highest BCUT2D eigenvalue weighted by Gasteiger charge is 2.26. The standard InChI is InChI=1S/C12H23NO2/c1-9-5-6-11(10(2)8-9)13-12(15)4-3-7-14/h9-11,14H,3-8H2,1-2H3,(H,13,15). The fourth-order valence-corrected chi connectivity index (χ4v) is 2.40. The van der Waals surface area contributed by atoms with Gasteiger partial charge in [0.1, 0.15) is 0 Å². The van der Waals surface area contributed by atoms with Crippen molar-refractivity contribution >= 4 is 5.91 Å². The van der Waals surface area contributed by atoms with E-state index in [1.807, 2.05) is 0 Å². The molecule has 1 fully saturated rings. The molecule has 0 bridgehead atoms. The summed E-state index contributed by atoms with van der Waals surface area (Å²) >= 11 is 0. The molecule has 15 heavy (non-hydrogen) atoms. The molecule has 0 spiro atoms. The van der Waals surface area contributed by atoms with E-state index in [1.165, 1.54) is 12.8 Å². The Labute approximate surface area is 92.3 Å². The molecule has 1 saturated carbocycles. The monoisotopic (exact) mass is 213 g/mol. The van der Waals surface area contributed by atoms with E-state index < -0.39 is 0 Å². The zero-order chi connectivity index (χ0) is 11.3. The van der Waals surface area contributed by atoms with E-state index in [2.05, 4.69) is 19.2 Å². The first-order valence-corrected chi connectivity index (χ1v) is 6.03. The van der Waals surface area contributed by atoms with Crippen LogP contribution >= 0.6 is 0 Å². The van der Waals surface area contributed by atoms with E-state index in [0.717, 1.165) is 12.3 Å². The molecule has 3 heteroatoms. The van der Waals surface area contributed by atoms with Crippen molar-refractivity contribution in [3.63, 3.8) is 0 Å². The number of carbonyl (C=O) groups is 1. The second kappa shape index (κ2) is 6.11. The Morgan fingerprint density at radius 3 is 2.73 bits per heavy atom. The molecule has 0 saturated heterocycles. The largest absolute Gasteiger partial charge is 0.396 e. The maximum Gasteiger partial charge on any atom is 0.220 e. The van der Waals surface area contributed by atoms with Gasteiger partial charge in [-0.1, -0.05) is 13.8 Å². The lowest BCUT2D eigenvalue weighted by atomic mass is 9.80. The number of hydrogen-bond acceptors (Lipinski definition) is 2. The van der Waals surface area contributed by atoms with Crippen LogP contribution in [0.4, 0.5) is 0 Å². The smallest absolute Gasteiger partial charge is 0.220 e. The van der Waals surface area contributed by atoms with Gasteiger partial charge in [0.25, 0.3) is 0 Å². The van der Waals surface area contributed by atoms with Crippen LogP contribution in [0.15, 0.2) is 0 Å². The summed E-state index contributed by atoms with van der Waals surface area (Å²) in [6.45, 7) is 4.59. The third-order valence-corrected chi connectivity index (χ3v) is 3.34. The Morgan fingerprint density at radius 2 is 2.13 bits per heavy atom. The molecule has 0 aromatic rings. The second-order valence-electron chi connectivity index (χ2n) is 4.90. The highest BCUT2D eigenvalue weighted by atomic mass is 16.3. The zero-order valence-corrected chi connectivity index (χ0v) is 9.83. The lowest BCUT2D eigenvalue weighted by Crippen LogP contribution is -2.42. The van der Waals surface area contributed by atoms with Crippen LogP contribution in [-0.4, -0.2) is 23.7 Å². The summed E-state index contributed by atoms with van der Waals surface area (Å²) in [5, 5.41) is 11.7. The minimum absolute atomic E-state index is 0.0930. The fraction of sp³-hybridized carbons (Fsp3) is 0.917. The van der Waals surface area contributed by atoms with E-state index in [4.69, 9.17) is 5.11 Å². The third kappa shape index (κ3) is 4.20. The van der Waals surface area contributed by atoms with Gasteiger partial charge in [-0.3, -0.25) is 4.79 Å². The Morgan fingerprint density at radius 1 is 1.40 bits per heavy atom. The van der Waals surface area contributed by atoms with Gasteiger partial charge in [0, 0.05) is 19.1 Å². The van der Waals surface area contributed by atoms with Crippen LogP contribution < -0.4 is 5.32 Å². The van der Waals surface area contributed by atoms with Gasteiger partial charge in [-0.15, -0.1) is 0 Å². The first kappa shape index (κ1) is 12.5. The van der Waals surface area contributed by atoms with Crippen LogP contribution in [-0.2, 0) is 4.79 Å². The van der Waals surface area contributed by atoms with Crippen molar-refractivity contribution in [3.8, 4) is 0 Å². The molecule has 1 aliphatic rings. The molecule has 1 aliphatic carbocycles. The van der Waals surface area contributed by atoms with Crippen LogP contribution in [0.25, 0.3) is 0 Å². The predicted molar refractivity (Wildman–Crippen MR) is 60.4 cm³/mol. The molecule has 3 nitrogen and oxygen atoms in total. The van der Waals surface area contributed by atoms with Gasteiger partial charge < -0.3 is 10.4 Å². The fourth-order valence-electron chi connectivity index (χ4n) is 2.40. The first-order chi connectivity index (χ1) is 7.13. The molecule has 0 aliphatic heterocycles. The lowest BCUT2D eigenvalue weighted by Gasteiger charge is -2.33. The van der Waals surface area contributed by atoms with Crippen LogP contribution in [0.2, 0.25) is 0 Å². The van der Waals surface area contributed by atoms with Gasteiger partial charge in [0.05, 0.1) is 0 Å². The summed E-state index contributed by atoms with van der Waals surface area (Å²) in [6, 6.07) is 0.354. The minimum atomic E-state index is 0.0930. The summed E-state index contributed by atoms with van der Waals surface area (Å²) in [7, 11) is 0. The van der Waals surface area contributed by atoms with Crippen molar-refractivity contribution in [2.75, 3.05) is 6.61 Å². The summed E-state index contributed by atoms with van der Waals surface area (Å²) < 4.78 is 0. The van der Waals surface area contributed by atoms with E-state index in [9.17, 15) is 4.79 Å². The van der Waals surface area contributed by atoms with Gasteiger partial charge >= 0.3 is 0 Å². The van der Waals surface area contributed by atoms with Crippen molar-refractivity contribution in [2.24, 2.45) is 11.8 Å². The highest BCUT2D eigenvalue weighted by molar-refractivity contribution is 5.76. The van der Waals surface area contributed by atoms with E-state index in [-0.39, 0.29) is 12.5 Å². The van der Waals surface area contributed by atoms with E-state index in [0.29, 0.717) is 24.8 Å². The van der Waals surface area contributed by atoms with Gasteiger partial charge in [-0.2, -0.15) is 0 Å². The van der Waals surface area contributed by atoms with Crippen LogP contribution in [0.1, 0.15) is 46.0 Å². The molecule has 88 valence electrons. The molecule has 1 rings (SSSR count). The van der Waals surface area contributed by atoms with Gasteiger partial charge in [0.2, 0.25) is 5.91 Å². The molecule has 0 aromatic heterocycles. The number of carbonyl (C=O) groups excluding carboxylic acids is 1. The van der Waals surface area contributed by atoms with Crippen LogP contribution in [0.5, 0.6) is 0 Å². The van der Waals surface area contributed by atoms with Gasteiger partial charge in [-0.05, 0) is 37.5 Å². The summed E-state index contributed by atoms with van der Waals surface area (Å²) in [5.74, 6) is 1.48. The number of hydrogen-bond donors (Lipinski definition) is 2. The predicted octanol–water partition coefficient (Wildman–Crippen LogP) is 1.70. The quantitative estimate of drug-likeness (QED) is 0.746. The lowest BCUT2D eigenvalue weighted by molar-refractivity contribution is -0.122. The molecule has 3 atom stereocenters. The third-order valence-electron chi connectivity index (χ3n) is 3.34. The summed E-state index contributed by atoms with van der Waals surface area (Å²) in [5.41, 5.74) is 0. The number of amides is 1. The molecule has 3 unspecified atom stereocenters. The molecule has 1 amide bonds. The molecule has 0 radical (unpaired) electrons. The Hall–Kier alpha value is -0.570. The molecule has 0 heterocycles. The minimum Gasteiger partial charge on any atom is -0.396 e. The second-order valence-corrected chi connectivity index (χ2v) is 4.90. The zero-order valence-electron chi connectivity index (χ0n) is 9.83. The number of rotatable bonds is 4. The summed E-state index contributed by atoms with van der Waals surface area (Å²) in [4.78, 5) is 11.5. The summed E-state index contributed by atoms with van der Waals surface area (Å²) in [6.07, 6.45) is 4.56. The number of aliphatic hydroxyl groups excluding tert-OH is 1. The van der Waals surface area contributed by atoms with Crippen molar-refractivity contribution in [1.29, 1.82) is 0 Å². The van der Waals surface area contributed by atoms with Crippen molar-refractivity contribution < 1.29 is 9.90 Å². The van der Waals surface area contributed by atoms with Gasteiger partial charge in [0.15, 0.2) is 0 Å². The number of aliphatic hydroxyl groups is 1. The van der Waals surface area contributed by atoms with Crippen molar-refractivity contribution in [1.82, 2.24) is 5.32 Å². The maximum atomic E-state index is 11.5. The van der Waals surface area contributed by atoms with Crippen molar-refractivity contribution in [3.05, 3.63) is 0 Å². The molecule has 2 N–H and O–H groups in total. The van der Waals surface area contributed by atoms with Crippen LogP contribution in [0.3, 0.4) is 0 Å². The molecule has 0 aromatic carbocycles. The van der Waals surface area contributed by atoms with Crippen LogP contribution in [0, 0.1) is 11.8 Å². The highest BCUT2D eigenvalue weighted by Crippen LogP contribution is 2.28. The average Bonchev–Trinajstić information content (AvgIpc) is 2.19. The van der Waals surface area contributed by atoms with Gasteiger partial charge in [-0.25, -0.2) is 0 Å². The van der Waals surface area contributed by atoms with E-state index >= 15 is 0 Å². The molecular formula is C12H23NO2. The molecular weight excluding hydrogens is 190 g/mol. The Bertz CT molecular complexity index is 206. The van der Waals surface area contributed by atoms with E-state index in [1.54, 1.807) is 0 Å². The normalized spacial score (nSPS) is 31.3. The average molecular weight is 213 g/mol. The SMILES string of the molecule is CC1CCC(NC(=O)CCCO)C(C)C1. The Balaban J connectivity index is 2.28. The maximum absolute atomic E-state index is 11.5.